The van der Waals surface area contributed by atoms with Crippen LogP contribution in [0.2, 0.25) is 0 Å². The van der Waals surface area contributed by atoms with Gasteiger partial charge in [0.05, 0.1) is 19.1 Å². The predicted molar refractivity (Wildman–Crippen MR) is 28.9 cm³/mol. The molecule has 0 aromatic rings. The van der Waals surface area contributed by atoms with Crippen LogP contribution in [-0.4, -0.2) is 24.3 Å². The Hall–Kier alpha value is -0.570. The topological polar surface area (TPSA) is 46.5 Å². The number of ether oxygens (including phenoxy) is 1. The molecule has 2 rings (SSSR count). The molecule has 3 nitrogen and oxygen atoms in total. The molecule has 50 valence electrons. The van der Waals surface area contributed by atoms with Gasteiger partial charge in [0.2, 0.25) is 0 Å². The van der Waals surface area contributed by atoms with Crippen LogP contribution in [0.15, 0.2) is 0 Å². The first kappa shape index (κ1) is 5.23. The van der Waals surface area contributed by atoms with Gasteiger partial charge in [-0.15, -0.1) is 0 Å². The first-order chi connectivity index (χ1) is 4.30. The lowest BCUT2D eigenvalue weighted by atomic mass is 10.3. The number of hydrogen-bond acceptors (Lipinski definition) is 2. The molecule has 3 heteroatoms. The van der Waals surface area contributed by atoms with E-state index in [0.717, 1.165) is 0 Å². The molecule has 0 radical (unpaired) electrons. The molecule has 2 unspecified atom stereocenters. The molecule has 0 aromatic heterocycles. The van der Waals surface area contributed by atoms with Crippen molar-refractivity contribution in [3.05, 3.63) is 0 Å². The second-order valence-corrected chi connectivity index (χ2v) is 2.73. The molecule has 1 aliphatic heterocycles. The minimum atomic E-state index is -0.645. The Morgan fingerprint density at radius 2 is 2.00 bits per heavy atom. The average Bonchev–Trinajstić information content (AvgIpc) is 2.30. The van der Waals surface area contributed by atoms with Gasteiger partial charge in [-0.25, -0.2) is 0 Å². The highest BCUT2D eigenvalue weighted by Crippen LogP contribution is 2.50. The van der Waals surface area contributed by atoms with Crippen molar-refractivity contribution in [3.63, 3.8) is 0 Å². The Kier molecular flexibility index (Phi) is 0.858. The number of fused-ring (bicyclic) bond motifs is 1. The summed E-state index contributed by atoms with van der Waals surface area (Å²) in [5.74, 6) is -0.0166. The number of aliphatic carboxylic acids is 1. The number of carboxylic acids is 1. The number of hydrogen-bond donors (Lipinski definition) is 1. The molecule has 1 aliphatic carbocycles. The molecule has 0 amide bonds. The van der Waals surface area contributed by atoms with Crippen LogP contribution in [0, 0.1) is 17.8 Å². The van der Waals surface area contributed by atoms with E-state index in [9.17, 15) is 4.79 Å². The maximum absolute atomic E-state index is 10.3. The van der Waals surface area contributed by atoms with E-state index in [4.69, 9.17) is 9.84 Å². The summed E-state index contributed by atoms with van der Waals surface area (Å²) in [5, 5.41) is 8.50. The van der Waals surface area contributed by atoms with Gasteiger partial charge < -0.3 is 9.84 Å². The fourth-order valence-electron chi connectivity index (χ4n) is 1.61. The van der Waals surface area contributed by atoms with Crippen molar-refractivity contribution in [3.8, 4) is 0 Å². The summed E-state index contributed by atoms with van der Waals surface area (Å²) >= 11 is 0. The lowest BCUT2D eigenvalue weighted by Gasteiger charge is -1.96. The van der Waals surface area contributed by atoms with E-state index >= 15 is 0 Å². The van der Waals surface area contributed by atoms with Crippen LogP contribution in [0.5, 0.6) is 0 Å². The summed E-state index contributed by atoms with van der Waals surface area (Å²) in [6.45, 7) is 1.34. The third-order valence-electron chi connectivity index (χ3n) is 2.24. The first-order valence-electron chi connectivity index (χ1n) is 3.11. The van der Waals surface area contributed by atoms with E-state index < -0.39 is 5.97 Å². The quantitative estimate of drug-likeness (QED) is 0.539. The second kappa shape index (κ2) is 1.48. The highest BCUT2D eigenvalue weighted by Gasteiger charge is 2.58. The monoisotopic (exact) mass is 128 g/mol. The molecule has 1 N–H and O–H groups in total. The van der Waals surface area contributed by atoms with Gasteiger partial charge in [-0.2, -0.15) is 0 Å². The summed E-state index contributed by atoms with van der Waals surface area (Å²) in [5.41, 5.74) is 0. The van der Waals surface area contributed by atoms with Crippen LogP contribution in [0.25, 0.3) is 0 Å². The van der Waals surface area contributed by atoms with Crippen LogP contribution in [0.3, 0.4) is 0 Å². The van der Waals surface area contributed by atoms with E-state index in [-0.39, 0.29) is 5.92 Å². The predicted octanol–water partition coefficient (Wildman–Crippen LogP) is -0.0366. The minimum Gasteiger partial charge on any atom is -0.481 e. The normalized spacial score (nSPS) is 46.4. The van der Waals surface area contributed by atoms with Crippen molar-refractivity contribution >= 4 is 5.97 Å². The second-order valence-electron chi connectivity index (χ2n) is 2.73. The Bertz CT molecular complexity index is 144. The lowest BCUT2D eigenvalue weighted by molar-refractivity contribution is -0.140. The van der Waals surface area contributed by atoms with Crippen LogP contribution >= 0.6 is 0 Å². The van der Waals surface area contributed by atoms with Crippen molar-refractivity contribution in [1.82, 2.24) is 0 Å². The third kappa shape index (κ3) is 0.580. The third-order valence-corrected chi connectivity index (χ3v) is 2.24. The van der Waals surface area contributed by atoms with Crippen LogP contribution in [0.4, 0.5) is 0 Å². The Morgan fingerprint density at radius 1 is 1.44 bits per heavy atom. The summed E-state index contributed by atoms with van der Waals surface area (Å²) in [6.07, 6.45) is 0. The fourth-order valence-corrected chi connectivity index (χ4v) is 1.61. The lowest BCUT2D eigenvalue weighted by Crippen LogP contribution is -2.07. The van der Waals surface area contributed by atoms with Crippen molar-refractivity contribution < 1.29 is 14.6 Å². The molecular weight excluding hydrogens is 120 g/mol. The highest BCUT2D eigenvalue weighted by molar-refractivity contribution is 5.74. The number of carboxylic acid groups (broad SMARTS) is 1. The summed E-state index contributed by atoms with van der Waals surface area (Å²) < 4.78 is 5.02. The van der Waals surface area contributed by atoms with Gasteiger partial charge in [-0.1, -0.05) is 0 Å². The van der Waals surface area contributed by atoms with Gasteiger partial charge in [0.25, 0.3) is 0 Å². The summed E-state index contributed by atoms with van der Waals surface area (Å²) in [4.78, 5) is 10.3. The Morgan fingerprint density at radius 3 is 2.33 bits per heavy atom. The van der Waals surface area contributed by atoms with E-state index in [1.807, 2.05) is 0 Å². The van der Waals surface area contributed by atoms with Crippen LogP contribution in [-0.2, 0) is 9.53 Å². The number of rotatable bonds is 1. The Labute approximate surface area is 52.6 Å². The van der Waals surface area contributed by atoms with Gasteiger partial charge in [-0.3, -0.25) is 4.79 Å². The van der Waals surface area contributed by atoms with E-state index in [2.05, 4.69) is 0 Å². The molecule has 0 aromatic carbocycles. The first-order valence-corrected chi connectivity index (χ1v) is 3.11. The standard InChI is InChI=1S/C6H8O3/c7-6(8)5-3-1-9-2-4(3)5/h3-5H,1-2H2,(H,7,8)/t3-,4?,5?/m1/s1. The van der Waals surface area contributed by atoms with Crippen LogP contribution < -0.4 is 0 Å². The zero-order valence-corrected chi connectivity index (χ0v) is 4.91. The average molecular weight is 128 g/mol. The molecule has 0 bridgehead atoms. The van der Waals surface area contributed by atoms with Crippen molar-refractivity contribution in [1.29, 1.82) is 0 Å². The molecule has 2 fully saturated rings. The van der Waals surface area contributed by atoms with Crippen molar-refractivity contribution in [2.75, 3.05) is 13.2 Å². The maximum atomic E-state index is 10.3. The van der Waals surface area contributed by atoms with Crippen molar-refractivity contribution in [2.24, 2.45) is 17.8 Å². The van der Waals surface area contributed by atoms with Gasteiger partial charge in [0.1, 0.15) is 0 Å². The zero-order chi connectivity index (χ0) is 6.43. The molecule has 2 aliphatic rings. The van der Waals surface area contributed by atoms with Gasteiger partial charge in [-0.05, 0) is 0 Å². The van der Waals surface area contributed by atoms with Crippen LogP contribution in [0.1, 0.15) is 0 Å². The molecule has 3 atom stereocenters. The highest BCUT2D eigenvalue weighted by atomic mass is 16.5. The molecule has 1 saturated carbocycles. The Balaban J connectivity index is 2.02. The largest absolute Gasteiger partial charge is 0.481 e. The van der Waals surface area contributed by atoms with E-state index in [1.54, 1.807) is 0 Å². The number of carbonyl (C=O) groups is 1. The molecule has 0 spiro atoms. The SMILES string of the molecule is O=C(O)C1C2COC[C@H]21. The molecular formula is C6H8O3. The van der Waals surface area contributed by atoms with E-state index in [1.165, 1.54) is 0 Å². The minimum absolute atomic E-state index is 0.0706. The molecule has 1 saturated heterocycles. The summed E-state index contributed by atoms with van der Waals surface area (Å²) in [7, 11) is 0. The van der Waals surface area contributed by atoms with Gasteiger partial charge in [0.15, 0.2) is 0 Å². The fraction of sp³-hybridized carbons (Fsp3) is 0.833. The van der Waals surface area contributed by atoms with Gasteiger partial charge in [0, 0.05) is 11.8 Å². The molecule has 9 heavy (non-hydrogen) atoms. The van der Waals surface area contributed by atoms with Gasteiger partial charge >= 0.3 is 5.97 Å². The maximum Gasteiger partial charge on any atom is 0.307 e. The van der Waals surface area contributed by atoms with E-state index in [0.29, 0.717) is 25.0 Å². The summed E-state index contributed by atoms with van der Waals surface area (Å²) in [6, 6.07) is 0. The zero-order valence-electron chi connectivity index (χ0n) is 4.91. The van der Waals surface area contributed by atoms with Crippen molar-refractivity contribution in [2.45, 2.75) is 0 Å². The smallest absolute Gasteiger partial charge is 0.307 e. The molecule has 1 heterocycles.